The molecule has 2 rings (SSSR count). The minimum atomic E-state index is -0.775. The maximum absolute atomic E-state index is 12.6. The number of carbonyl (C=O) groups excluding carboxylic acids is 3. The van der Waals surface area contributed by atoms with Gasteiger partial charge in [0.1, 0.15) is 6.10 Å². The van der Waals surface area contributed by atoms with Crippen LogP contribution in [0.1, 0.15) is 46.5 Å². The highest BCUT2D eigenvalue weighted by molar-refractivity contribution is 6.39. The van der Waals surface area contributed by atoms with Crippen LogP contribution in [0.3, 0.4) is 0 Å². The number of halogens is 1. The van der Waals surface area contributed by atoms with Crippen LogP contribution >= 0.6 is 11.6 Å². The molecule has 2 N–H and O–H groups in total. The quantitative estimate of drug-likeness (QED) is 0.575. The van der Waals surface area contributed by atoms with Gasteiger partial charge < -0.3 is 15.4 Å². The van der Waals surface area contributed by atoms with Gasteiger partial charge in [-0.15, -0.1) is 0 Å². The topological polar surface area (TPSA) is 97.4 Å². The van der Waals surface area contributed by atoms with E-state index in [1.807, 2.05) is 20.8 Å². The van der Waals surface area contributed by atoms with Crippen LogP contribution in [0.15, 0.2) is 18.3 Å². The third-order valence-corrected chi connectivity index (χ3v) is 4.70. The first kappa shape index (κ1) is 22.3. The predicted octanol–water partition coefficient (Wildman–Crippen LogP) is 2.31. The second kappa shape index (κ2) is 10.5. The molecule has 1 aromatic heterocycles. The van der Waals surface area contributed by atoms with Gasteiger partial charge in [-0.25, -0.2) is 4.98 Å². The average Bonchev–Trinajstić information content (AvgIpc) is 3.10. The van der Waals surface area contributed by atoms with Crippen LogP contribution in [0, 0.1) is 5.92 Å². The number of ketones is 2. The first-order chi connectivity index (χ1) is 13.3. The second-order valence-electron chi connectivity index (χ2n) is 7.49. The van der Waals surface area contributed by atoms with Crippen LogP contribution in [0.2, 0.25) is 5.02 Å². The molecule has 1 amide bonds. The van der Waals surface area contributed by atoms with Crippen molar-refractivity contribution in [3.05, 3.63) is 23.4 Å². The van der Waals surface area contributed by atoms with Gasteiger partial charge in [-0.3, -0.25) is 14.4 Å². The summed E-state index contributed by atoms with van der Waals surface area (Å²) in [5.41, 5.74) is 0. The Morgan fingerprint density at radius 3 is 2.71 bits per heavy atom. The van der Waals surface area contributed by atoms with Gasteiger partial charge in [0.2, 0.25) is 23.4 Å². The van der Waals surface area contributed by atoms with Crippen molar-refractivity contribution in [1.29, 1.82) is 0 Å². The summed E-state index contributed by atoms with van der Waals surface area (Å²) in [5, 5.41) is 6.37. The van der Waals surface area contributed by atoms with E-state index in [0.29, 0.717) is 36.7 Å². The van der Waals surface area contributed by atoms with Crippen molar-refractivity contribution in [3.8, 4) is 5.88 Å². The molecule has 0 bridgehead atoms. The van der Waals surface area contributed by atoms with E-state index in [-0.39, 0.29) is 24.3 Å². The molecule has 2 heterocycles. The van der Waals surface area contributed by atoms with E-state index in [1.165, 1.54) is 6.20 Å². The van der Waals surface area contributed by atoms with Gasteiger partial charge in [-0.2, -0.15) is 0 Å². The number of amides is 1. The van der Waals surface area contributed by atoms with Gasteiger partial charge in [-0.1, -0.05) is 38.8 Å². The fourth-order valence-electron chi connectivity index (χ4n) is 3.09. The van der Waals surface area contributed by atoms with E-state index < -0.39 is 23.7 Å². The zero-order valence-electron chi connectivity index (χ0n) is 16.5. The molecule has 1 saturated heterocycles. The molecule has 154 valence electrons. The Hall–Kier alpha value is -1.99. The van der Waals surface area contributed by atoms with Crippen LogP contribution in [-0.4, -0.2) is 47.2 Å². The molecule has 28 heavy (non-hydrogen) atoms. The zero-order chi connectivity index (χ0) is 20.7. The summed E-state index contributed by atoms with van der Waals surface area (Å²) in [6.07, 6.45) is 3.06. The summed E-state index contributed by atoms with van der Waals surface area (Å²) in [4.78, 5) is 41.2. The zero-order valence-corrected chi connectivity index (χ0v) is 17.3. The summed E-state index contributed by atoms with van der Waals surface area (Å²) in [6, 6.07) is 2.10. The Morgan fingerprint density at radius 1 is 1.36 bits per heavy atom. The van der Waals surface area contributed by atoms with E-state index in [9.17, 15) is 14.4 Å². The summed E-state index contributed by atoms with van der Waals surface area (Å²) in [5.74, 6) is -0.691. The number of ether oxygens (including phenoxy) is 1. The number of pyridine rings is 1. The number of Topliss-reactive ketones (excluding diaryl/α,β-unsaturated/α-hetero) is 2. The lowest BCUT2D eigenvalue weighted by Gasteiger charge is -2.19. The molecule has 0 radical (unpaired) electrons. The van der Waals surface area contributed by atoms with E-state index in [2.05, 4.69) is 15.6 Å². The number of rotatable bonds is 10. The molecule has 1 fully saturated rings. The molecule has 1 aromatic rings. The molecular formula is C20H28ClN3O4. The van der Waals surface area contributed by atoms with Gasteiger partial charge in [-0.05, 0) is 18.4 Å². The van der Waals surface area contributed by atoms with Gasteiger partial charge in [0.25, 0.3) is 0 Å². The Morgan fingerprint density at radius 2 is 2.11 bits per heavy atom. The van der Waals surface area contributed by atoms with Crippen LogP contribution in [0.4, 0.5) is 0 Å². The lowest BCUT2D eigenvalue weighted by atomic mass is 9.97. The minimum absolute atomic E-state index is 0.102. The molecule has 7 nitrogen and oxygen atoms in total. The van der Waals surface area contributed by atoms with Crippen molar-refractivity contribution >= 4 is 29.1 Å². The average molecular weight is 410 g/mol. The minimum Gasteiger partial charge on any atom is -0.473 e. The number of hydrogen-bond donors (Lipinski definition) is 2. The van der Waals surface area contributed by atoms with Gasteiger partial charge in [0.05, 0.1) is 17.1 Å². The monoisotopic (exact) mass is 409 g/mol. The normalized spacial score (nSPS) is 20.0. The number of hydrogen-bond acceptors (Lipinski definition) is 6. The number of nitrogens with zero attached hydrogens (tertiary/aromatic N) is 1. The van der Waals surface area contributed by atoms with E-state index in [0.717, 1.165) is 0 Å². The molecule has 0 aromatic carbocycles. The smallest absolute Gasteiger partial charge is 0.237 e. The van der Waals surface area contributed by atoms with E-state index in [1.54, 1.807) is 12.1 Å². The van der Waals surface area contributed by atoms with Crippen molar-refractivity contribution in [2.45, 2.75) is 64.6 Å². The third-order valence-electron chi connectivity index (χ3n) is 4.47. The molecule has 8 heteroatoms. The summed E-state index contributed by atoms with van der Waals surface area (Å²) >= 11 is 5.81. The molecule has 0 unspecified atom stereocenters. The van der Waals surface area contributed by atoms with E-state index in [4.69, 9.17) is 16.3 Å². The van der Waals surface area contributed by atoms with Gasteiger partial charge in [0, 0.05) is 31.6 Å². The SMILES string of the molecule is CCC[C@H](NC(=O)[C@@H]1C[C@@H](Oc2ccc(Cl)cn2)CN1)C(=O)C(=O)CC(C)C. The Labute approximate surface area is 170 Å². The van der Waals surface area contributed by atoms with E-state index >= 15 is 0 Å². The van der Waals surface area contributed by atoms with Crippen LogP contribution in [0.25, 0.3) is 0 Å². The largest absolute Gasteiger partial charge is 0.473 e. The fraction of sp³-hybridized carbons (Fsp3) is 0.600. The van der Waals surface area contributed by atoms with Gasteiger partial charge in [0.15, 0.2) is 0 Å². The molecule has 0 spiro atoms. The van der Waals surface area contributed by atoms with Crippen LogP contribution in [0.5, 0.6) is 5.88 Å². The Balaban J connectivity index is 1.90. The molecule has 1 aliphatic rings. The van der Waals surface area contributed by atoms with Crippen molar-refractivity contribution < 1.29 is 19.1 Å². The maximum Gasteiger partial charge on any atom is 0.237 e. The number of carbonyl (C=O) groups is 3. The first-order valence-electron chi connectivity index (χ1n) is 9.69. The van der Waals surface area contributed by atoms with Crippen LogP contribution in [-0.2, 0) is 14.4 Å². The fourth-order valence-corrected chi connectivity index (χ4v) is 3.20. The van der Waals surface area contributed by atoms with Crippen molar-refractivity contribution in [3.63, 3.8) is 0 Å². The van der Waals surface area contributed by atoms with Crippen molar-refractivity contribution in [2.75, 3.05) is 6.54 Å². The Bertz CT molecular complexity index is 693. The number of aromatic nitrogens is 1. The summed E-state index contributed by atoms with van der Waals surface area (Å²) < 4.78 is 5.76. The summed E-state index contributed by atoms with van der Waals surface area (Å²) in [6.45, 7) is 6.17. The summed E-state index contributed by atoms with van der Waals surface area (Å²) in [7, 11) is 0. The second-order valence-corrected chi connectivity index (χ2v) is 7.92. The maximum atomic E-state index is 12.6. The highest BCUT2D eigenvalue weighted by Gasteiger charge is 2.34. The number of nitrogens with one attached hydrogen (secondary N) is 2. The van der Waals surface area contributed by atoms with Crippen LogP contribution < -0.4 is 15.4 Å². The molecule has 1 aliphatic heterocycles. The standard InChI is InChI=1S/C20H28ClN3O4/c1-4-5-15(19(26)17(25)8-12(2)3)24-20(27)16-9-14(11-22-16)28-18-7-6-13(21)10-23-18/h6-7,10,12,14-16,22H,4-5,8-9,11H2,1-3H3,(H,24,27)/t14-,15+,16+/m1/s1. The first-order valence-corrected chi connectivity index (χ1v) is 10.1. The molecule has 0 aliphatic carbocycles. The Kier molecular flexibility index (Phi) is 8.38. The van der Waals surface area contributed by atoms with Crippen molar-refractivity contribution in [1.82, 2.24) is 15.6 Å². The highest BCUT2D eigenvalue weighted by atomic mass is 35.5. The molecule has 3 atom stereocenters. The lowest BCUT2D eigenvalue weighted by Crippen LogP contribution is -2.49. The van der Waals surface area contributed by atoms with Gasteiger partial charge >= 0.3 is 0 Å². The van der Waals surface area contributed by atoms with Crippen molar-refractivity contribution in [2.24, 2.45) is 5.92 Å². The predicted molar refractivity (Wildman–Crippen MR) is 106 cm³/mol. The molecule has 0 saturated carbocycles. The lowest BCUT2D eigenvalue weighted by molar-refractivity contribution is -0.139. The molecular weight excluding hydrogens is 382 g/mol. The highest BCUT2D eigenvalue weighted by Crippen LogP contribution is 2.17. The third kappa shape index (κ3) is 6.56.